The van der Waals surface area contributed by atoms with E-state index in [2.05, 4.69) is 0 Å². The standard InChI is InChI=1S/C11H21N3O2.C2H4O2/c1-11(2,3)16-10(15)14-5-4-8(7-14)6-9(12)13;1-2(3)4/h8H,4-7H2,1-3H3,(H3,12,13);1H3,(H,3,4). The lowest BCUT2D eigenvalue weighted by molar-refractivity contribution is -0.134. The molecule has 1 saturated heterocycles. The lowest BCUT2D eigenvalue weighted by Crippen LogP contribution is -2.35. The summed E-state index contributed by atoms with van der Waals surface area (Å²) in [6, 6.07) is 0. The first-order valence-corrected chi connectivity index (χ1v) is 6.51. The van der Waals surface area contributed by atoms with Crippen molar-refractivity contribution in [3.63, 3.8) is 0 Å². The van der Waals surface area contributed by atoms with Gasteiger partial charge in [0.1, 0.15) is 5.60 Å². The second kappa shape index (κ2) is 7.72. The van der Waals surface area contributed by atoms with Gasteiger partial charge in [-0.2, -0.15) is 0 Å². The molecule has 1 aliphatic rings. The van der Waals surface area contributed by atoms with Crippen molar-refractivity contribution in [3.05, 3.63) is 0 Å². The van der Waals surface area contributed by atoms with Crippen LogP contribution < -0.4 is 5.73 Å². The molecule has 0 saturated carbocycles. The maximum Gasteiger partial charge on any atom is 0.410 e. The number of carbonyl (C=O) groups is 2. The average Bonchev–Trinajstić information content (AvgIpc) is 2.61. The third-order valence-corrected chi connectivity index (χ3v) is 2.45. The summed E-state index contributed by atoms with van der Waals surface area (Å²) in [5.74, 6) is -0.332. The molecule has 0 aromatic rings. The van der Waals surface area contributed by atoms with E-state index in [1.165, 1.54) is 0 Å². The van der Waals surface area contributed by atoms with Crippen LogP contribution in [0.4, 0.5) is 4.79 Å². The molecule has 1 aliphatic heterocycles. The Hall–Kier alpha value is -1.79. The highest BCUT2D eigenvalue weighted by atomic mass is 16.6. The fourth-order valence-corrected chi connectivity index (χ4v) is 1.80. The van der Waals surface area contributed by atoms with E-state index in [4.69, 9.17) is 25.8 Å². The van der Waals surface area contributed by atoms with Gasteiger partial charge in [0.2, 0.25) is 0 Å². The van der Waals surface area contributed by atoms with Crippen LogP contribution in [-0.4, -0.2) is 46.6 Å². The maximum absolute atomic E-state index is 11.7. The molecule has 1 heterocycles. The van der Waals surface area contributed by atoms with Crippen molar-refractivity contribution in [2.45, 2.75) is 46.1 Å². The SMILES string of the molecule is CC(=O)O.CC(C)(C)OC(=O)N1CCC(CC(=N)N)C1. The highest BCUT2D eigenvalue weighted by molar-refractivity contribution is 5.77. The molecule has 0 aromatic heterocycles. The van der Waals surface area contributed by atoms with Gasteiger partial charge < -0.3 is 20.5 Å². The van der Waals surface area contributed by atoms with Crippen LogP contribution in [0.1, 0.15) is 40.5 Å². The molecule has 7 heteroatoms. The molecule has 0 aliphatic carbocycles. The van der Waals surface area contributed by atoms with Crippen LogP contribution in [-0.2, 0) is 9.53 Å². The molecule has 0 spiro atoms. The quantitative estimate of drug-likeness (QED) is 0.527. The molecule has 0 aromatic carbocycles. The van der Waals surface area contributed by atoms with Gasteiger partial charge in [0.05, 0.1) is 5.84 Å². The molecule has 1 atom stereocenters. The Bertz CT molecular complexity index is 359. The van der Waals surface area contributed by atoms with E-state index in [0.717, 1.165) is 13.3 Å². The Morgan fingerprint density at radius 1 is 1.45 bits per heavy atom. The molecule has 1 rings (SSSR count). The lowest BCUT2D eigenvalue weighted by atomic mass is 10.1. The zero-order chi connectivity index (χ0) is 15.9. The normalized spacial score (nSPS) is 18.0. The molecule has 0 bridgehead atoms. The van der Waals surface area contributed by atoms with Crippen LogP contribution in [0, 0.1) is 11.3 Å². The van der Waals surface area contributed by atoms with E-state index in [9.17, 15) is 4.79 Å². The number of nitrogens with zero attached hydrogens (tertiary/aromatic N) is 1. The lowest BCUT2D eigenvalue weighted by Gasteiger charge is -2.24. The number of nitrogens with two attached hydrogens (primary N) is 1. The zero-order valence-corrected chi connectivity index (χ0v) is 12.6. The van der Waals surface area contributed by atoms with Crippen molar-refractivity contribution in [2.24, 2.45) is 11.7 Å². The fraction of sp³-hybridized carbons (Fsp3) is 0.769. The van der Waals surface area contributed by atoms with Crippen LogP contribution in [0.3, 0.4) is 0 Å². The van der Waals surface area contributed by atoms with Crippen LogP contribution in [0.5, 0.6) is 0 Å². The number of hydrogen-bond acceptors (Lipinski definition) is 4. The van der Waals surface area contributed by atoms with E-state index in [1.807, 2.05) is 20.8 Å². The van der Waals surface area contributed by atoms with Gasteiger partial charge in [-0.1, -0.05) is 0 Å². The monoisotopic (exact) mass is 287 g/mol. The fourth-order valence-electron chi connectivity index (χ4n) is 1.80. The van der Waals surface area contributed by atoms with Crippen molar-refractivity contribution < 1.29 is 19.4 Å². The summed E-state index contributed by atoms with van der Waals surface area (Å²) in [6.07, 6.45) is 1.21. The number of carbonyl (C=O) groups excluding carboxylic acids is 1. The first kappa shape index (κ1) is 18.2. The van der Waals surface area contributed by atoms with Gasteiger partial charge in [-0.3, -0.25) is 10.2 Å². The number of amides is 1. The third-order valence-electron chi connectivity index (χ3n) is 2.45. The molecule has 7 nitrogen and oxygen atoms in total. The highest BCUT2D eigenvalue weighted by Crippen LogP contribution is 2.21. The van der Waals surface area contributed by atoms with Gasteiger partial charge >= 0.3 is 6.09 Å². The van der Waals surface area contributed by atoms with Crippen molar-refractivity contribution in [2.75, 3.05) is 13.1 Å². The minimum atomic E-state index is -0.833. The van der Waals surface area contributed by atoms with Crippen LogP contribution >= 0.6 is 0 Å². The van der Waals surface area contributed by atoms with Gasteiger partial charge in [-0.15, -0.1) is 0 Å². The van der Waals surface area contributed by atoms with Gasteiger partial charge in [0, 0.05) is 26.4 Å². The highest BCUT2D eigenvalue weighted by Gasteiger charge is 2.29. The van der Waals surface area contributed by atoms with Gasteiger partial charge in [0.15, 0.2) is 0 Å². The summed E-state index contributed by atoms with van der Waals surface area (Å²) >= 11 is 0. The maximum atomic E-state index is 11.7. The predicted molar refractivity (Wildman–Crippen MR) is 75.8 cm³/mol. The minimum absolute atomic E-state index is 0.191. The Balaban J connectivity index is 0.000000796. The molecule has 116 valence electrons. The van der Waals surface area contributed by atoms with E-state index in [-0.39, 0.29) is 11.9 Å². The first-order chi connectivity index (χ1) is 9.01. The number of carboxylic acid groups (broad SMARTS) is 1. The number of nitrogens with one attached hydrogen (secondary N) is 1. The number of amidine groups is 1. The molecule has 1 amide bonds. The molecule has 4 N–H and O–H groups in total. The largest absolute Gasteiger partial charge is 0.481 e. The van der Waals surface area contributed by atoms with E-state index in [0.29, 0.717) is 25.4 Å². The Kier molecular flexibility index (Phi) is 7.02. The van der Waals surface area contributed by atoms with Crippen molar-refractivity contribution in [1.82, 2.24) is 4.90 Å². The zero-order valence-electron chi connectivity index (χ0n) is 12.6. The Morgan fingerprint density at radius 3 is 2.35 bits per heavy atom. The minimum Gasteiger partial charge on any atom is -0.481 e. The predicted octanol–water partition coefficient (Wildman–Crippen LogP) is 1.66. The van der Waals surface area contributed by atoms with Crippen molar-refractivity contribution in [3.8, 4) is 0 Å². The van der Waals surface area contributed by atoms with Gasteiger partial charge in [-0.05, 0) is 33.1 Å². The van der Waals surface area contributed by atoms with E-state index < -0.39 is 11.6 Å². The molecular formula is C13H25N3O4. The number of aliphatic carboxylic acids is 1. The first-order valence-electron chi connectivity index (χ1n) is 6.51. The molecule has 20 heavy (non-hydrogen) atoms. The Morgan fingerprint density at radius 2 is 1.95 bits per heavy atom. The molecular weight excluding hydrogens is 262 g/mol. The van der Waals surface area contributed by atoms with Crippen LogP contribution in [0.2, 0.25) is 0 Å². The number of hydrogen-bond donors (Lipinski definition) is 3. The summed E-state index contributed by atoms with van der Waals surface area (Å²) in [4.78, 5) is 22.4. The molecule has 0 radical (unpaired) electrons. The summed E-state index contributed by atoms with van der Waals surface area (Å²) in [5, 5.41) is 14.6. The molecule has 1 unspecified atom stereocenters. The van der Waals surface area contributed by atoms with Crippen molar-refractivity contribution in [1.29, 1.82) is 5.41 Å². The average molecular weight is 287 g/mol. The summed E-state index contributed by atoms with van der Waals surface area (Å²) in [5.41, 5.74) is 4.90. The summed E-state index contributed by atoms with van der Waals surface area (Å²) in [7, 11) is 0. The molecule has 1 fully saturated rings. The third kappa shape index (κ3) is 9.18. The van der Waals surface area contributed by atoms with E-state index >= 15 is 0 Å². The van der Waals surface area contributed by atoms with Crippen LogP contribution in [0.15, 0.2) is 0 Å². The number of rotatable bonds is 2. The van der Waals surface area contributed by atoms with Crippen LogP contribution in [0.25, 0.3) is 0 Å². The topological polar surface area (TPSA) is 117 Å². The second-order valence-corrected chi connectivity index (χ2v) is 5.83. The van der Waals surface area contributed by atoms with E-state index in [1.54, 1.807) is 4.90 Å². The van der Waals surface area contributed by atoms with Crippen molar-refractivity contribution >= 4 is 17.9 Å². The number of ether oxygens (including phenoxy) is 1. The second-order valence-electron chi connectivity index (χ2n) is 5.83. The smallest absolute Gasteiger partial charge is 0.410 e. The summed E-state index contributed by atoms with van der Waals surface area (Å²) < 4.78 is 5.28. The number of likely N-dealkylation sites (tertiary alicyclic amines) is 1. The van der Waals surface area contributed by atoms with Gasteiger partial charge in [-0.25, -0.2) is 4.79 Å². The van der Waals surface area contributed by atoms with Gasteiger partial charge in [0.25, 0.3) is 5.97 Å². The number of carboxylic acids is 1. The summed E-state index contributed by atoms with van der Waals surface area (Å²) in [6.45, 7) is 8.00. The Labute approximate surface area is 119 Å².